The number of nitriles is 1. The molecule has 2 bridgehead atoms. The Morgan fingerprint density at radius 2 is 1.91 bits per heavy atom. The third-order valence-electron chi connectivity index (χ3n) is 5.23. The molecule has 4 heterocycles. The topological polar surface area (TPSA) is 39.4 Å². The summed E-state index contributed by atoms with van der Waals surface area (Å²) in [6.45, 7) is 4.19. The Morgan fingerprint density at radius 3 is 2.55 bits per heavy atom. The van der Waals surface area contributed by atoms with Crippen molar-refractivity contribution in [3.63, 3.8) is 0 Å². The first-order valence-corrected chi connectivity index (χ1v) is 8.26. The maximum absolute atomic E-state index is 9.71. The molecule has 1 aromatic carbocycles. The van der Waals surface area contributed by atoms with Crippen molar-refractivity contribution in [2.24, 2.45) is 16.8 Å². The highest BCUT2D eigenvalue weighted by molar-refractivity contribution is 6.30. The van der Waals surface area contributed by atoms with Gasteiger partial charge >= 0.3 is 0 Å². The third-order valence-corrected chi connectivity index (χ3v) is 5.48. The van der Waals surface area contributed by atoms with Crippen LogP contribution < -0.4 is 0 Å². The molecule has 0 N–H and O–H groups in total. The van der Waals surface area contributed by atoms with E-state index in [9.17, 15) is 5.26 Å². The van der Waals surface area contributed by atoms with Gasteiger partial charge < -0.3 is 4.90 Å². The van der Waals surface area contributed by atoms with Gasteiger partial charge in [0.05, 0.1) is 17.7 Å². The van der Waals surface area contributed by atoms with Crippen molar-refractivity contribution in [3.05, 3.63) is 46.2 Å². The summed E-state index contributed by atoms with van der Waals surface area (Å²) in [4.78, 5) is 7.29. The lowest BCUT2D eigenvalue weighted by Crippen LogP contribution is -2.45. The Balaban J connectivity index is 1.88. The van der Waals surface area contributed by atoms with Crippen molar-refractivity contribution < 1.29 is 0 Å². The SMILES string of the molecule is CC1=NC2=C([C@H](c3ccc(Cl)cc3)C1C#N)N1CCC2CC1. The molecular formula is C18H18ClN3. The van der Waals surface area contributed by atoms with Crippen LogP contribution >= 0.6 is 11.6 Å². The molecular weight excluding hydrogens is 294 g/mol. The van der Waals surface area contributed by atoms with E-state index in [4.69, 9.17) is 16.6 Å². The standard InChI is InChI=1S/C18H18ClN3/c1-11-15(10-20)16(12-2-4-14(19)5-3-12)18-17(21-11)13-6-8-22(18)9-7-13/h2-5,13,15-16H,6-9H2,1H3/t15?,16-/m1/s1. The molecule has 0 radical (unpaired) electrons. The number of hydrogen-bond acceptors (Lipinski definition) is 3. The smallest absolute Gasteiger partial charge is 0.0966 e. The average Bonchev–Trinajstić information content (AvgIpc) is 2.55. The summed E-state index contributed by atoms with van der Waals surface area (Å²) in [5.41, 5.74) is 4.66. The molecule has 1 saturated heterocycles. The summed E-state index contributed by atoms with van der Waals surface area (Å²) >= 11 is 6.04. The van der Waals surface area contributed by atoms with Crippen molar-refractivity contribution in [1.29, 1.82) is 5.26 Å². The molecule has 0 saturated carbocycles. The Labute approximate surface area is 135 Å². The van der Waals surface area contributed by atoms with Crippen LogP contribution in [0, 0.1) is 23.2 Å². The van der Waals surface area contributed by atoms with E-state index in [2.05, 4.69) is 23.1 Å². The molecule has 0 aliphatic carbocycles. The highest BCUT2D eigenvalue weighted by Crippen LogP contribution is 2.48. The van der Waals surface area contributed by atoms with Gasteiger partial charge in [0.25, 0.3) is 0 Å². The molecule has 22 heavy (non-hydrogen) atoms. The Morgan fingerprint density at radius 1 is 1.23 bits per heavy atom. The van der Waals surface area contributed by atoms with E-state index in [1.165, 1.54) is 29.8 Å². The molecule has 1 unspecified atom stereocenters. The predicted molar refractivity (Wildman–Crippen MR) is 87.7 cm³/mol. The molecule has 4 aliphatic heterocycles. The molecule has 1 aromatic rings. The number of hydrogen-bond donors (Lipinski definition) is 0. The molecule has 5 rings (SSSR count). The van der Waals surface area contributed by atoms with Crippen LogP contribution in [0.4, 0.5) is 0 Å². The number of nitrogens with zero attached hydrogens (tertiary/aromatic N) is 3. The normalized spacial score (nSPS) is 27.5. The lowest BCUT2D eigenvalue weighted by atomic mass is 9.73. The number of allylic oxidation sites excluding steroid dienone is 2. The van der Waals surface area contributed by atoms with Gasteiger partial charge in [0.1, 0.15) is 0 Å². The minimum atomic E-state index is -0.181. The molecule has 4 heteroatoms. The van der Waals surface area contributed by atoms with Crippen molar-refractivity contribution >= 4 is 17.3 Å². The Kier molecular flexibility index (Phi) is 3.23. The average molecular weight is 312 g/mol. The summed E-state index contributed by atoms with van der Waals surface area (Å²) < 4.78 is 0. The molecule has 4 aliphatic rings. The van der Waals surface area contributed by atoms with E-state index in [0.29, 0.717) is 5.92 Å². The number of aliphatic imine (C=N–C) groups is 1. The van der Waals surface area contributed by atoms with E-state index in [1.54, 1.807) is 0 Å². The first-order valence-electron chi connectivity index (χ1n) is 7.88. The van der Waals surface area contributed by atoms with Gasteiger partial charge in [0, 0.05) is 41.4 Å². The molecule has 112 valence electrons. The van der Waals surface area contributed by atoms with Gasteiger partial charge in [0.2, 0.25) is 0 Å². The van der Waals surface area contributed by atoms with Gasteiger partial charge in [-0.1, -0.05) is 23.7 Å². The van der Waals surface area contributed by atoms with Crippen LogP contribution in [0.5, 0.6) is 0 Å². The number of halogens is 1. The summed E-state index contributed by atoms with van der Waals surface area (Å²) in [5, 5.41) is 10.4. The van der Waals surface area contributed by atoms with Crippen LogP contribution in [0.3, 0.4) is 0 Å². The number of fused-ring (bicyclic) bond motifs is 2. The van der Waals surface area contributed by atoms with E-state index < -0.39 is 0 Å². The van der Waals surface area contributed by atoms with Gasteiger partial charge in [0.15, 0.2) is 0 Å². The van der Waals surface area contributed by atoms with Crippen molar-refractivity contribution in [2.75, 3.05) is 13.1 Å². The highest BCUT2D eigenvalue weighted by Gasteiger charge is 2.43. The second kappa shape index (κ2) is 5.14. The summed E-state index contributed by atoms with van der Waals surface area (Å²) in [6.07, 6.45) is 2.39. The number of rotatable bonds is 1. The van der Waals surface area contributed by atoms with Crippen LogP contribution in [0.1, 0.15) is 31.2 Å². The molecule has 1 fully saturated rings. The number of piperidine rings is 1. The first-order chi connectivity index (χ1) is 10.7. The second-order valence-electron chi connectivity index (χ2n) is 6.42. The fourth-order valence-corrected chi connectivity index (χ4v) is 4.24. The minimum Gasteiger partial charge on any atom is -0.373 e. The van der Waals surface area contributed by atoms with Crippen molar-refractivity contribution in [2.45, 2.75) is 25.7 Å². The monoisotopic (exact) mass is 311 g/mol. The first kappa shape index (κ1) is 13.8. The van der Waals surface area contributed by atoms with Gasteiger partial charge in [-0.3, -0.25) is 4.99 Å². The van der Waals surface area contributed by atoms with Crippen LogP contribution in [0.2, 0.25) is 5.02 Å². The van der Waals surface area contributed by atoms with Crippen molar-refractivity contribution in [1.82, 2.24) is 4.90 Å². The third kappa shape index (κ3) is 1.98. The Hall–Kier alpha value is -1.79. The lowest BCUT2D eigenvalue weighted by molar-refractivity contribution is 0.186. The van der Waals surface area contributed by atoms with E-state index >= 15 is 0 Å². The maximum Gasteiger partial charge on any atom is 0.0966 e. The van der Waals surface area contributed by atoms with Gasteiger partial charge in [-0.15, -0.1) is 0 Å². The summed E-state index contributed by atoms with van der Waals surface area (Å²) in [5.74, 6) is 0.488. The predicted octanol–water partition coefficient (Wildman–Crippen LogP) is 3.98. The van der Waals surface area contributed by atoms with Gasteiger partial charge in [-0.2, -0.15) is 5.26 Å². The van der Waals surface area contributed by atoms with Gasteiger partial charge in [-0.25, -0.2) is 0 Å². The van der Waals surface area contributed by atoms with Crippen LogP contribution in [0.25, 0.3) is 0 Å². The summed E-state index contributed by atoms with van der Waals surface area (Å²) in [7, 11) is 0. The summed E-state index contributed by atoms with van der Waals surface area (Å²) in [6, 6.07) is 10.4. The fourth-order valence-electron chi connectivity index (χ4n) is 4.12. The highest BCUT2D eigenvalue weighted by atomic mass is 35.5. The Bertz CT molecular complexity index is 703. The molecule has 2 atom stereocenters. The molecule has 0 spiro atoms. The van der Waals surface area contributed by atoms with E-state index in [1.807, 2.05) is 19.1 Å². The van der Waals surface area contributed by atoms with Gasteiger partial charge in [-0.05, 0) is 37.5 Å². The van der Waals surface area contributed by atoms with Crippen LogP contribution in [0.15, 0.2) is 40.7 Å². The van der Waals surface area contributed by atoms with E-state index in [-0.39, 0.29) is 11.8 Å². The maximum atomic E-state index is 9.71. The molecule has 0 amide bonds. The zero-order valence-electron chi connectivity index (χ0n) is 12.6. The zero-order chi connectivity index (χ0) is 15.3. The fraction of sp³-hybridized carbons (Fsp3) is 0.444. The van der Waals surface area contributed by atoms with Crippen molar-refractivity contribution in [3.8, 4) is 6.07 Å². The number of benzene rings is 1. The minimum absolute atomic E-state index is 0.0952. The quantitative estimate of drug-likeness (QED) is 0.787. The molecule has 3 nitrogen and oxygen atoms in total. The molecule has 0 aromatic heterocycles. The zero-order valence-corrected chi connectivity index (χ0v) is 13.3. The van der Waals surface area contributed by atoms with Crippen LogP contribution in [-0.4, -0.2) is 23.7 Å². The lowest BCUT2D eigenvalue weighted by Gasteiger charge is -2.48. The van der Waals surface area contributed by atoms with E-state index in [0.717, 1.165) is 23.8 Å². The van der Waals surface area contributed by atoms with Crippen LogP contribution in [-0.2, 0) is 0 Å². The second-order valence-corrected chi connectivity index (χ2v) is 6.86. The largest absolute Gasteiger partial charge is 0.373 e.